The van der Waals surface area contributed by atoms with E-state index in [1.54, 1.807) is 31.4 Å². The molecule has 0 saturated heterocycles. The molecule has 0 bridgehead atoms. The van der Waals surface area contributed by atoms with Crippen LogP contribution in [0.25, 0.3) is 0 Å². The molecule has 0 aliphatic carbocycles. The van der Waals surface area contributed by atoms with Crippen LogP contribution in [0.15, 0.2) is 42.5 Å². The molecule has 4 heteroatoms. The van der Waals surface area contributed by atoms with E-state index in [1.165, 1.54) is 0 Å². The Balaban J connectivity index is 2.17. The van der Waals surface area contributed by atoms with Gasteiger partial charge in [-0.1, -0.05) is 29.3 Å². The Labute approximate surface area is 129 Å². The van der Waals surface area contributed by atoms with Crippen LogP contribution in [0.2, 0.25) is 5.02 Å². The van der Waals surface area contributed by atoms with Crippen molar-refractivity contribution in [1.82, 2.24) is 5.32 Å². The summed E-state index contributed by atoms with van der Waals surface area (Å²) in [5.41, 5.74) is 2.66. The number of hydrogen-bond acceptors (Lipinski definition) is 2. The van der Waals surface area contributed by atoms with E-state index in [0.29, 0.717) is 10.6 Å². The van der Waals surface area contributed by atoms with Crippen molar-refractivity contribution in [2.45, 2.75) is 19.9 Å². The summed E-state index contributed by atoms with van der Waals surface area (Å²) in [5, 5.41) is 3.58. The topological polar surface area (TPSA) is 38.3 Å². The molecule has 2 rings (SSSR count). The molecule has 1 atom stereocenters. The average Bonchev–Trinajstić information content (AvgIpc) is 2.47. The maximum Gasteiger partial charge on any atom is 0.251 e. The van der Waals surface area contributed by atoms with Crippen molar-refractivity contribution in [2.75, 3.05) is 7.11 Å². The predicted molar refractivity (Wildman–Crippen MR) is 85.1 cm³/mol. The number of ether oxygens (including phenoxy) is 1. The van der Waals surface area contributed by atoms with Crippen molar-refractivity contribution in [3.8, 4) is 5.75 Å². The standard InChI is InChI=1S/C17H18ClNO2/c1-11-4-9-16(21-3)15(10-11)12(2)19-17(20)13-5-7-14(18)8-6-13/h4-10,12H,1-3H3,(H,19,20). The highest BCUT2D eigenvalue weighted by Gasteiger charge is 2.15. The van der Waals surface area contributed by atoms with Gasteiger partial charge in [-0.2, -0.15) is 0 Å². The van der Waals surface area contributed by atoms with Crippen molar-refractivity contribution in [2.24, 2.45) is 0 Å². The molecular formula is C17H18ClNO2. The van der Waals surface area contributed by atoms with E-state index in [2.05, 4.69) is 5.32 Å². The Morgan fingerprint density at radius 3 is 2.48 bits per heavy atom. The van der Waals surface area contributed by atoms with Gasteiger partial charge in [0.15, 0.2) is 0 Å². The summed E-state index contributed by atoms with van der Waals surface area (Å²) in [4.78, 5) is 12.2. The van der Waals surface area contributed by atoms with Crippen molar-refractivity contribution in [3.05, 3.63) is 64.2 Å². The second kappa shape index (κ2) is 6.64. The first-order valence-electron chi connectivity index (χ1n) is 6.72. The molecule has 0 aliphatic rings. The van der Waals surface area contributed by atoms with Gasteiger partial charge in [-0.3, -0.25) is 4.79 Å². The van der Waals surface area contributed by atoms with Gasteiger partial charge < -0.3 is 10.1 Å². The van der Waals surface area contributed by atoms with Crippen LogP contribution < -0.4 is 10.1 Å². The third kappa shape index (κ3) is 3.76. The Morgan fingerprint density at radius 1 is 1.19 bits per heavy atom. The third-order valence-corrected chi connectivity index (χ3v) is 3.56. The lowest BCUT2D eigenvalue weighted by Gasteiger charge is -2.18. The van der Waals surface area contributed by atoms with Gasteiger partial charge in [0.25, 0.3) is 5.91 Å². The molecule has 0 radical (unpaired) electrons. The number of benzene rings is 2. The normalized spacial score (nSPS) is 11.8. The molecule has 1 N–H and O–H groups in total. The molecule has 0 fully saturated rings. The molecule has 110 valence electrons. The molecular weight excluding hydrogens is 286 g/mol. The van der Waals surface area contributed by atoms with Crippen LogP contribution in [0.3, 0.4) is 0 Å². The number of nitrogens with one attached hydrogen (secondary N) is 1. The number of halogens is 1. The van der Waals surface area contributed by atoms with Gasteiger partial charge in [-0.25, -0.2) is 0 Å². The van der Waals surface area contributed by atoms with Crippen molar-refractivity contribution in [3.63, 3.8) is 0 Å². The molecule has 1 amide bonds. The zero-order chi connectivity index (χ0) is 15.4. The highest BCUT2D eigenvalue weighted by molar-refractivity contribution is 6.30. The highest BCUT2D eigenvalue weighted by Crippen LogP contribution is 2.26. The summed E-state index contributed by atoms with van der Waals surface area (Å²) in [6, 6.07) is 12.6. The first-order chi connectivity index (χ1) is 10.0. The molecule has 0 aliphatic heterocycles. The number of aryl methyl sites for hydroxylation is 1. The van der Waals surface area contributed by atoms with Crippen molar-refractivity contribution >= 4 is 17.5 Å². The molecule has 0 saturated carbocycles. The van der Waals surface area contributed by atoms with Crippen LogP contribution in [0.1, 0.15) is 34.5 Å². The molecule has 21 heavy (non-hydrogen) atoms. The quantitative estimate of drug-likeness (QED) is 0.921. The lowest BCUT2D eigenvalue weighted by Crippen LogP contribution is -2.26. The lowest BCUT2D eigenvalue weighted by molar-refractivity contribution is 0.0939. The van der Waals surface area contributed by atoms with E-state index in [9.17, 15) is 4.79 Å². The Morgan fingerprint density at radius 2 is 1.86 bits per heavy atom. The molecule has 2 aromatic rings. The smallest absolute Gasteiger partial charge is 0.251 e. The molecule has 0 spiro atoms. The van der Waals surface area contributed by atoms with Gasteiger partial charge in [-0.15, -0.1) is 0 Å². The Bertz CT molecular complexity index is 638. The monoisotopic (exact) mass is 303 g/mol. The van der Waals surface area contributed by atoms with E-state index in [-0.39, 0.29) is 11.9 Å². The van der Waals surface area contributed by atoms with E-state index in [4.69, 9.17) is 16.3 Å². The number of hydrogen-bond donors (Lipinski definition) is 1. The van der Waals surface area contributed by atoms with Crippen LogP contribution >= 0.6 is 11.6 Å². The SMILES string of the molecule is COc1ccc(C)cc1C(C)NC(=O)c1ccc(Cl)cc1. The average molecular weight is 304 g/mol. The minimum absolute atomic E-state index is 0.136. The van der Waals surface area contributed by atoms with Gasteiger partial charge in [-0.05, 0) is 44.2 Å². The summed E-state index contributed by atoms with van der Waals surface area (Å²) in [5.74, 6) is 0.632. The summed E-state index contributed by atoms with van der Waals surface area (Å²) >= 11 is 5.83. The number of methoxy groups -OCH3 is 1. The van der Waals surface area contributed by atoms with E-state index in [0.717, 1.165) is 16.9 Å². The summed E-state index contributed by atoms with van der Waals surface area (Å²) in [6.07, 6.45) is 0. The summed E-state index contributed by atoms with van der Waals surface area (Å²) < 4.78 is 5.36. The molecule has 0 heterocycles. The Kier molecular flexibility index (Phi) is 4.86. The number of rotatable bonds is 4. The van der Waals surface area contributed by atoms with Crippen LogP contribution in [0.4, 0.5) is 0 Å². The van der Waals surface area contributed by atoms with E-state index >= 15 is 0 Å². The van der Waals surface area contributed by atoms with Gasteiger partial charge in [0, 0.05) is 16.1 Å². The zero-order valence-electron chi connectivity index (χ0n) is 12.3. The minimum atomic E-state index is -0.150. The zero-order valence-corrected chi connectivity index (χ0v) is 13.1. The fourth-order valence-electron chi connectivity index (χ4n) is 2.15. The molecule has 2 aromatic carbocycles. The number of carbonyl (C=O) groups excluding carboxylic acids is 1. The molecule has 1 unspecified atom stereocenters. The second-order valence-electron chi connectivity index (χ2n) is 4.95. The summed E-state index contributed by atoms with van der Waals surface area (Å²) in [7, 11) is 1.63. The van der Waals surface area contributed by atoms with Gasteiger partial charge in [0.2, 0.25) is 0 Å². The lowest BCUT2D eigenvalue weighted by atomic mass is 10.0. The van der Waals surface area contributed by atoms with Gasteiger partial charge in [0.05, 0.1) is 13.2 Å². The molecule has 0 aromatic heterocycles. The first kappa shape index (κ1) is 15.4. The first-order valence-corrected chi connectivity index (χ1v) is 7.10. The van der Waals surface area contributed by atoms with Crippen molar-refractivity contribution < 1.29 is 9.53 Å². The number of carbonyl (C=O) groups is 1. The van der Waals surface area contributed by atoms with Gasteiger partial charge in [0.1, 0.15) is 5.75 Å². The Hall–Kier alpha value is -2.00. The van der Waals surface area contributed by atoms with Crippen LogP contribution in [-0.2, 0) is 0 Å². The maximum absolute atomic E-state index is 12.2. The van der Waals surface area contributed by atoms with Crippen LogP contribution in [0.5, 0.6) is 5.75 Å². The fourth-order valence-corrected chi connectivity index (χ4v) is 2.28. The number of amides is 1. The largest absolute Gasteiger partial charge is 0.496 e. The van der Waals surface area contributed by atoms with Gasteiger partial charge >= 0.3 is 0 Å². The van der Waals surface area contributed by atoms with E-state index in [1.807, 2.05) is 32.0 Å². The van der Waals surface area contributed by atoms with Crippen LogP contribution in [0, 0.1) is 6.92 Å². The third-order valence-electron chi connectivity index (χ3n) is 3.31. The van der Waals surface area contributed by atoms with Crippen molar-refractivity contribution in [1.29, 1.82) is 0 Å². The minimum Gasteiger partial charge on any atom is -0.496 e. The van der Waals surface area contributed by atoms with Crippen LogP contribution in [-0.4, -0.2) is 13.0 Å². The highest BCUT2D eigenvalue weighted by atomic mass is 35.5. The predicted octanol–water partition coefficient (Wildman–Crippen LogP) is 4.15. The second-order valence-corrected chi connectivity index (χ2v) is 5.38. The molecule has 3 nitrogen and oxygen atoms in total. The fraction of sp³-hybridized carbons (Fsp3) is 0.235. The van der Waals surface area contributed by atoms with E-state index < -0.39 is 0 Å². The maximum atomic E-state index is 12.2. The summed E-state index contributed by atoms with van der Waals surface area (Å²) in [6.45, 7) is 3.95.